The summed E-state index contributed by atoms with van der Waals surface area (Å²) in [6.45, 7) is 3.91. The van der Waals surface area contributed by atoms with Gasteiger partial charge in [-0.2, -0.15) is 13.2 Å². The quantitative estimate of drug-likeness (QED) is 0.734. The summed E-state index contributed by atoms with van der Waals surface area (Å²) in [6, 6.07) is 0. The Balaban J connectivity index is 3.02. The summed E-state index contributed by atoms with van der Waals surface area (Å²) in [5.74, 6) is -2.17. The molecule has 1 amide bonds. The molecule has 15 heavy (non-hydrogen) atoms. The number of carbonyl (C=O) groups excluding carboxylic acids is 1. The molecule has 1 aliphatic rings. The first-order valence-corrected chi connectivity index (χ1v) is 4.65. The van der Waals surface area contributed by atoms with E-state index in [1.807, 2.05) is 0 Å². The predicted octanol–water partition coefficient (Wildman–Crippen LogP) is 1.46. The summed E-state index contributed by atoms with van der Waals surface area (Å²) in [6.07, 6.45) is -5.66. The van der Waals surface area contributed by atoms with Crippen LogP contribution in [0.5, 0.6) is 0 Å². The van der Waals surface area contributed by atoms with Crippen LogP contribution in [0.4, 0.5) is 13.2 Å². The number of ether oxygens (including phenoxy) is 1. The molecule has 2 N–H and O–H groups in total. The molecule has 6 heteroatoms. The highest BCUT2D eigenvalue weighted by atomic mass is 19.4. The van der Waals surface area contributed by atoms with Crippen LogP contribution in [-0.2, 0) is 9.53 Å². The highest BCUT2D eigenvalue weighted by molar-refractivity contribution is 5.79. The maximum atomic E-state index is 12.7. The van der Waals surface area contributed by atoms with Crippen molar-refractivity contribution in [2.45, 2.75) is 38.7 Å². The Morgan fingerprint density at radius 1 is 1.40 bits per heavy atom. The lowest BCUT2D eigenvalue weighted by Crippen LogP contribution is -2.47. The standard InChI is InChI=1S/C9H14F3NO2/c1-4-5(2)8(3,9(10,11)12)15-6(4)7(13)14/h4-6H,1-3H3,(H2,13,14)/t4-,5+,6-,8-/m1/s1. The molecule has 0 radical (unpaired) electrons. The molecule has 0 aliphatic carbocycles. The van der Waals surface area contributed by atoms with Crippen molar-refractivity contribution in [2.75, 3.05) is 0 Å². The summed E-state index contributed by atoms with van der Waals surface area (Å²) < 4.78 is 43.0. The van der Waals surface area contributed by atoms with Crippen LogP contribution in [0.1, 0.15) is 20.8 Å². The van der Waals surface area contributed by atoms with E-state index in [0.29, 0.717) is 0 Å². The average molecular weight is 225 g/mol. The number of nitrogens with two attached hydrogens (primary N) is 1. The number of rotatable bonds is 1. The van der Waals surface area contributed by atoms with Crippen molar-refractivity contribution in [1.29, 1.82) is 0 Å². The molecule has 1 rings (SSSR count). The van der Waals surface area contributed by atoms with Crippen molar-refractivity contribution in [3.63, 3.8) is 0 Å². The first kappa shape index (κ1) is 12.3. The van der Waals surface area contributed by atoms with Gasteiger partial charge in [-0.25, -0.2) is 0 Å². The lowest BCUT2D eigenvalue weighted by molar-refractivity contribution is -0.272. The van der Waals surface area contributed by atoms with Gasteiger partial charge in [-0.1, -0.05) is 13.8 Å². The molecule has 0 aromatic carbocycles. The molecule has 88 valence electrons. The molecule has 0 aromatic rings. The fraction of sp³-hybridized carbons (Fsp3) is 0.889. The minimum Gasteiger partial charge on any atom is -0.367 e. The second kappa shape index (κ2) is 3.37. The van der Waals surface area contributed by atoms with E-state index in [2.05, 4.69) is 0 Å². The van der Waals surface area contributed by atoms with Crippen LogP contribution >= 0.6 is 0 Å². The maximum Gasteiger partial charge on any atom is 0.417 e. The Labute approximate surface area is 85.8 Å². The van der Waals surface area contributed by atoms with Gasteiger partial charge in [0.1, 0.15) is 6.10 Å². The van der Waals surface area contributed by atoms with E-state index >= 15 is 0 Å². The highest BCUT2D eigenvalue weighted by Gasteiger charge is 2.63. The zero-order valence-corrected chi connectivity index (χ0v) is 8.76. The number of amides is 1. The molecule has 1 fully saturated rings. The van der Waals surface area contributed by atoms with Gasteiger partial charge in [0.25, 0.3) is 0 Å². The lowest BCUT2D eigenvalue weighted by Gasteiger charge is -2.31. The summed E-state index contributed by atoms with van der Waals surface area (Å²) >= 11 is 0. The lowest BCUT2D eigenvalue weighted by atomic mass is 9.82. The number of carbonyl (C=O) groups is 1. The van der Waals surface area contributed by atoms with E-state index in [9.17, 15) is 18.0 Å². The SMILES string of the molecule is C[C@H]1[C@H](C(N)=O)O[C@@](C)(C(F)(F)F)[C@H]1C. The van der Waals surface area contributed by atoms with Crippen LogP contribution in [-0.4, -0.2) is 23.8 Å². The molecule has 1 heterocycles. The summed E-state index contributed by atoms with van der Waals surface area (Å²) in [5, 5.41) is 0. The third-order valence-corrected chi connectivity index (χ3v) is 3.35. The fourth-order valence-electron chi connectivity index (χ4n) is 1.88. The van der Waals surface area contributed by atoms with Gasteiger partial charge in [0.2, 0.25) is 5.91 Å². The van der Waals surface area contributed by atoms with Crippen molar-refractivity contribution in [3.8, 4) is 0 Å². The van der Waals surface area contributed by atoms with Crippen LogP contribution in [0.3, 0.4) is 0 Å². The number of hydrogen-bond acceptors (Lipinski definition) is 2. The highest BCUT2D eigenvalue weighted by Crippen LogP contribution is 2.49. The predicted molar refractivity (Wildman–Crippen MR) is 46.9 cm³/mol. The Kier molecular flexibility index (Phi) is 2.76. The van der Waals surface area contributed by atoms with E-state index in [4.69, 9.17) is 10.5 Å². The van der Waals surface area contributed by atoms with Gasteiger partial charge < -0.3 is 10.5 Å². The average Bonchev–Trinajstić information content (AvgIpc) is 2.29. The summed E-state index contributed by atoms with van der Waals surface area (Å²) in [5.41, 5.74) is 2.70. The molecule has 0 saturated carbocycles. The second-order valence-corrected chi connectivity index (χ2v) is 4.19. The van der Waals surface area contributed by atoms with Crippen molar-refractivity contribution >= 4 is 5.91 Å². The number of alkyl halides is 3. The van der Waals surface area contributed by atoms with Crippen molar-refractivity contribution in [3.05, 3.63) is 0 Å². The largest absolute Gasteiger partial charge is 0.417 e. The van der Waals surface area contributed by atoms with E-state index in [1.165, 1.54) is 13.8 Å². The van der Waals surface area contributed by atoms with Gasteiger partial charge in [0.15, 0.2) is 5.60 Å². The van der Waals surface area contributed by atoms with Crippen LogP contribution in [0.15, 0.2) is 0 Å². The molecule has 0 unspecified atom stereocenters. The number of hydrogen-bond donors (Lipinski definition) is 1. The summed E-state index contributed by atoms with van der Waals surface area (Å²) in [7, 11) is 0. The van der Waals surface area contributed by atoms with E-state index < -0.39 is 35.6 Å². The Morgan fingerprint density at radius 3 is 2.07 bits per heavy atom. The van der Waals surface area contributed by atoms with Gasteiger partial charge in [0, 0.05) is 0 Å². The molecule has 0 aromatic heterocycles. The zero-order chi connectivity index (χ0) is 12.0. The van der Waals surface area contributed by atoms with Crippen LogP contribution < -0.4 is 5.73 Å². The Hall–Kier alpha value is -0.780. The minimum atomic E-state index is -4.50. The number of primary amides is 1. The third kappa shape index (κ3) is 1.71. The maximum absolute atomic E-state index is 12.7. The van der Waals surface area contributed by atoms with Crippen molar-refractivity contribution in [2.24, 2.45) is 17.6 Å². The van der Waals surface area contributed by atoms with E-state index in [0.717, 1.165) is 6.92 Å². The first-order chi connectivity index (χ1) is 6.61. The monoisotopic (exact) mass is 225 g/mol. The van der Waals surface area contributed by atoms with Gasteiger partial charge in [-0.15, -0.1) is 0 Å². The van der Waals surface area contributed by atoms with Crippen LogP contribution in [0.2, 0.25) is 0 Å². The molecular weight excluding hydrogens is 211 g/mol. The Bertz CT molecular complexity index is 279. The minimum absolute atomic E-state index is 0.533. The normalized spacial score (nSPS) is 41.9. The topological polar surface area (TPSA) is 52.3 Å². The van der Waals surface area contributed by atoms with E-state index in [1.54, 1.807) is 0 Å². The van der Waals surface area contributed by atoms with Crippen molar-refractivity contribution < 1.29 is 22.7 Å². The fourth-order valence-corrected chi connectivity index (χ4v) is 1.88. The molecule has 4 atom stereocenters. The van der Waals surface area contributed by atoms with Crippen LogP contribution in [0.25, 0.3) is 0 Å². The van der Waals surface area contributed by atoms with Gasteiger partial charge in [-0.3, -0.25) is 4.79 Å². The van der Waals surface area contributed by atoms with E-state index in [-0.39, 0.29) is 0 Å². The van der Waals surface area contributed by atoms with Gasteiger partial charge in [0.05, 0.1) is 0 Å². The number of halogens is 3. The molecular formula is C9H14F3NO2. The molecule has 0 spiro atoms. The summed E-state index contributed by atoms with van der Waals surface area (Å²) in [4.78, 5) is 10.9. The van der Waals surface area contributed by atoms with Crippen molar-refractivity contribution in [1.82, 2.24) is 0 Å². The van der Waals surface area contributed by atoms with Gasteiger partial charge in [-0.05, 0) is 18.8 Å². The molecule has 1 aliphatic heterocycles. The van der Waals surface area contributed by atoms with Crippen LogP contribution in [0, 0.1) is 11.8 Å². The molecule has 1 saturated heterocycles. The molecule has 0 bridgehead atoms. The zero-order valence-electron chi connectivity index (χ0n) is 8.76. The van der Waals surface area contributed by atoms with Gasteiger partial charge >= 0.3 is 6.18 Å². The second-order valence-electron chi connectivity index (χ2n) is 4.19. The Morgan fingerprint density at radius 2 is 1.87 bits per heavy atom. The first-order valence-electron chi connectivity index (χ1n) is 4.65. The third-order valence-electron chi connectivity index (χ3n) is 3.35. The molecule has 3 nitrogen and oxygen atoms in total. The smallest absolute Gasteiger partial charge is 0.367 e.